The van der Waals surface area contributed by atoms with E-state index in [0.717, 1.165) is 5.92 Å². The average molecular weight is 231 g/mol. The molecule has 0 spiro atoms. The molecule has 1 aliphatic rings. The predicted molar refractivity (Wildman–Crippen MR) is 74.1 cm³/mol. The van der Waals surface area contributed by atoms with E-state index in [0.29, 0.717) is 11.5 Å². The SMILES string of the molecule is CC(C)CC1NCCC1(C)Cc1ccccc1. The van der Waals surface area contributed by atoms with Crippen LogP contribution in [0.2, 0.25) is 0 Å². The molecule has 1 saturated heterocycles. The van der Waals surface area contributed by atoms with Gasteiger partial charge in [-0.3, -0.25) is 0 Å². The highest BCUT2D eigenvalue weighted by Gasteiger charge is 2.38. The summed E-state index contributed by atoms with van der Waals surface area (Å²) < 4.78 is 0. The fourth-order valence-corrected chi connectivity index (χ4v) is 3.07. The molecule has 0 amide bonds. The van der Waals surface area contributed by atoms with Gasteiger partial charge in [0.15, 0.2) is 0 Å². The zero-order valence-corrected chi connectivity index (χ0v) is 11.4. The van der Waals surface area contributed by atoms with Gasteiger partial charge in [-0.25, -0.2) is 0 Å². The second-order valence-corrected chi connectivity index (χ2v) is 6.20. The van der Waals surface area contributed by atoms with Crippen LogP contribution in [0.4, 0.5) is 0 Å². The van der Waals surface area contributed by atoms with Gasteiger partial charge in [0.05, 0.1) is 0 Å². The van der Waals surface area contributed by atoms with Crippen molar-refractivity contribution in [1.29, 1.82) is 0 Å². The molecule has 0 saturated carbocycles. The van der Waals surface area contributed by atoms with Crippen LogP contribution in [0.15, 0.2) is 30.3 Å². The van der Waals surface area contributed by atoms with Gasteiger partial charge >= 0.3 is 0 Å². The van der Waals surface area contributed by atoms with Gasteiger partial charge < -0.3 is 5.32 Å². The normalized spacial score (nSPS) is 28.8. The molecule has 2 atom stereocenters. The highest BCUT2D eigenvalue weighted by atomic mass is 15.0. The molecule has 17 heavy (non-hydrogen) atoms. The molecule has 1 fully saturated rings. The number of hydrogen-bond donors (Lipinski definition) is 1. The van der Waals surface area contributed by atoms with E-state index in [4.69, 9.17) is 0 Å². The van der Waals surface area contributed by atoms with Crippen LogP contribution in [0.5, 0.6) is 0 Å². The minimum Gasteiger partial charge on any atom is -0.313 e. The topological polar surface area (TPSA) is 12.0 Å². The van der Waals surface area contributed by atoms with E-state index in [1.165, 1.54) is 31.4 Å². The summed E-state index contributed by atoms with van der Waals surface area (Å²) in [6, 6.07) is 11.6. The molecule has 1 aromatic carbocycles. The maximum absolute atomic E-state index is 3.70. The van der Waals surface area contributed by atoms with Crippen LogP contribution in [0.1, 0.15) is 39.2 Å². The Morgan fingerprint density at radius 2 is 2.00 bits per heavy atom. The zero-order chi connectivity index (χ0) is 12.3. The van der Waals surface area contributed by atoms with Crippen molar-refractivity contribution in [2.45, 2.75) is 46.1 Å². The highest BCUT2D eigenvalue weighted by Crippen LogP contribution is 2.37. The minimum absolute atomic E-state index is 0.436. The number of nitrogens with one attached hydrogen (secondary N) is 1. The Morgan fingerprint density at radius 1 is 1.29 bits per heavy atom. The van der Waals surface area contributed by atoms with E-state index in [9.17, 15) is 0 Å². The molecular formula is C16H25N. The largest absolute Gasteiger partial charge is 0.313 e. The Labute approximate surface area is 106 Å². The Balaban J connectivity index is 2.06. The zero-order valence-electron chi connectivity index (χ0n) is 11.4. The van der Waals surface area contributed by atoms with Crippen LogP contribution in [0.3, 0.4) is 0 Å². The molecule has 1 nitrogen and oxygen atoms in total. The third-order valence-electron chi connectivity index (χ3n) is 4.09. The lowest BCUT2D eigenvalue weighted by molar-refractivity contribution is 0.246. The van der Waals surface area contributed by atoms with E-state index in [2.05, 4.69) is 56.4 Å². The summed E-state index contributed by atoms with van der Waals surface area (Å²) >= 11 is 0. The Hall–Kier alpha value is -0.820. The molecule has 0 aliphatic carbocycles. The molecule has 1 N–H and O–H groups in total. The fraction of sp³-hybridized carbons (Fsp3) is 0.625. The van der Waals surface area contributed by atoms with Gasteiger partial charge in [-0.15, -0.1) is 0 Å². The molecule has 1 aromatic rings. The molecular weight excluding hydrogens is 206 g/mol. The summed E-state index contributed by atoms with van der Waals surface area (Å²) in [7, 11) is 0. The van der Waals surface area contributed by atoms with Gasteiger partial charge in [0.25, 0.3) is 0 Å². The molecule has 94 valence electrons. The quantitative estimate of drug-likeness (QED) is 0.834. The monoisotopic (exact) mass is 231 g/mol. The average Bonchev–Trinajstić information content (AvgIpc) is 2.61. The lowest BCUT2D eigenvalue weighted by atomic mass is 9.75. The first-order chi connectivity index (χ1) is 8.10. The summed E-state index contributed by atoms with van der Waals surface area (Å²) in [6.07, 6.45) is 3.81. The maximum atomic E-state index is 3.70. The van der Waals surface area contributed by atoms with E-state index < -0.39 is 0 Å². The van der Waals surface area contributed by atoms with E-state index in [1.54, 1.807) is 0 Å². The van der Waals surface area contributed by atoms with Crippen LogP contribution in [0, 0.1) is 11.3 Å². The van der Waals surface area contributed by atoms with Crippen molar-refractivity contribution < 1.29 is 0 Å². The van der Waals surface area contributed by atoms with Crippen LogP contribution >= 0.6 is 0 Å². The predicted octanol–water partition coefficient (Wildman–Crippen LogP) is 3.64. The molecule has 1 heteroatoms. The van der Waals surface area contributed by atoms with Gasteiger partial charge in [0.1, 0.15) is 0 Å². The van der Waals surface area contributed by atoms with Crippen molar-refractivity contribution in [3.63, 3.8) is 0 Å². The van der Waals surface area contributed by atoms with E-state index in [-0.39, 0.29) is 0 Å². The van der Waals surface area contributed by atoms with Crippen molar-refractivity contribution in [1.82, 2.24) is 5.32 Å². The van der Waals surface area contributed by atoms with Crippen LogP contribution in [0.25, 0.3) is 0 Å². The number of hydrogen-bond acceptors (Lipinski definition) is 1. The Morgan fingerprint density at radius 3 is 2.65 bits per heavy atom. The van der Waals surface area contributed by atoms with E-state index >= 15 is 0 Å². The lowest BCUT2D eigenvalue weighted by Crippen LogP contribution is -2.37. The van der Waals surface area contributed by atoms with Crippen molar-refractivity contribution in [3.05, 3.63) is 35.9 Å². The van der Waals surface area contributed by atoms with Crippen molar-refractivity contribution in [3.8, 4) is 0 Å². The minimum atomic E-state index is 0.436. The van der Waals surface area contributed by atoms with Crippen molar-refractivity contribution in [2.75, 3.05) is 6.54 Å². The molecule has 1 heterocycles. The maximum Gasteiger partial charge on any atom is 0.0127 e. The second kappa shape index (κ2) is 5.22. The second-order valence-electron chi connectivity index (χ2n) is 6.20. The molecule has 2 rings (SSSR count). The summed E-state index contributed by atoms with van der Waals surface area (Å²) in [5.41, 5.74) is 1.92. The first-order valence-corrected chi connectivity index (χ1v) is 6.87. The smallest absolute Gasteiger partial charge is 0.0127 e. The van der Waals surface area contributed by atoms with Crippen LogP contribution in [-0.4, -0.2) is 12.6 Å². The molecule has 0 bridgehead atoms. The van der Waals surface area contributed by atoms with Crippen LogP contribution in [-0.2, 0) is 6.42 Å². The number of rotatable bonds is 4. The first-order valence-electron chi connectivity index (χ1n) is 6.87. The fourth-order valence-electron chi connectivity index (χ4n) is 3.07. The molecule has 0 aromatic heterocycles. The highest BCUT2D eigenvalue weighted by molar-refractivity contribution is 5.18. The molecule has 1 aliphatic heterocycles. The van der Waals surface area contributed by atoms with Crippen LogP contribution < -0.4 is 5.32 Å². The van der Waals surface area contributed by atoms with Gasteiger partial charge in [0, 0.05) is 6.04 Å². The lowest BCUT2D eigenvalue weighted by Gasteiger charge is -2.32. The third kappa shape index (κ3) is 3.10. The Kier molecular flexibility index (Phi) is 3.88. The van der Waals surface area contributed by atoms with Gasteiger partial charge in [-0.1, -0.05) is 51.1 Å². The number of benzene rings is 1. The summed E-state index contributed by atoms with van der Waals surface area (Å²) in [5.74, 6) is 0.778. The van der Waals surface area contributed by atoms with Gasteiger partial charge in [-0.05, 0) is 42.7 Å². The van der Waals surface area contributed by atoms with Crippen molar-refractivity contribution in [2.24, 2.45) is 11.3 Å². The summed E-state index contributed by atoms with van der Waals surface area (Å²) in [5, 5.41) is 3.70. The van der Waals surface area contributed by atoms with Crippen molar-refractivity contribution >= 4 is 0 Å². The molecule has 0 radical (unpaired) electrons. The first kappa shape index (κ1) is 12.6. The van der Waals surface area contributed by atoms with Gasteiger partial charge in [-0.2, -0.15) is 0 Å². The van der Waals surface area contributed by atoms with E-state index in [1.807, 2.05) is 0 Å². The summed E-state index contributed by atoms with van der Waals surface area (Å²) in [4.78, 5) is 0. The summed E-state index contributed by atoms with van der Waals surface area (Å²) in [6.45, 7) is 8.28. The third-order valence-corrected chi connectivity index (χ3v) is 4.09. The Bertz CT molecular complexity index is 344. The standard InChI is InChI=1S/C16H25N/c1-13(2)11-15-16(3,9-10-17-15)12-14-7-5-4-6-8-14/h4-8,13,15,17H,9-12H2,1-3H3. The molecule has 2 unspecified atom stereocenters. The van der Waals surface area contributed by atoms with Gasteiger partial charge in [0.2, 0.25) is 0 Å².